The molecule has 4 rings (SSSR count). The number of anilines is 1. The minimum absolute atomic E-state index is 0.149. The molecule has 3 aromatic rings. The number of aromatic nitrogens is 2. The highest BCUT2D eigenvalue weighted by atomic mass is 16.5. The Kier molecular flexibility index (Phi) is 12.1. The second kappa shape index (κ2) is 15.5. The Bertz CT molecular complexity index is 1320. The Hall–Kier alpha value is -3.52. The highest BCUT2D eigenvalue weighted by Gasteiger charge is 2.18. The number of amides is 1. The topological polar surface area (TPSA) is 91.4 Å². The van der Waals surface area contributed by atoms with Gasteiger partial charge in [0.15, 0.2) is 0 Å². The van der Waals surface area contributed by atoms with Crippen LogP contribution in [0, 0.1) is 20.8 Å². The van der Waals surface area contributed by atoms with Gasteiger partial charge in [0, 0.05) is 42.6 Å². The molecule has 1 aliphatic carbocycles. The van der Waals surface area contributed by atoms with E-state index in [2.05, 4.69) is 39.8 Å². The largest absolute Gasteiger partial charge is 0.497 e. The van der Waals surface area contributed by atoms with Crippen molar-refractivity contribution < 1.29 is 9.53 Å². The van der Waals surface area contributed by atoms with E-state index in [0.717, 1.165) is 47.4 Å². The van der Waals surface area contributed by atoms with Crippen LogP contribution in [-0.2, 0) is 19.6 Å². The first-order valence-corrected chi connectivity index (χ1v) is 14.9. The summed E-state index contributed by atoms with van der Waals surface area (Å²) < 4.78 is 6.96. The summed E-state index contributed by atoms with van der Waals surface area (Å²) in [5, 5.41) is 8.92. The van der Waals surface area contributed by atoms with Gasteiger partial charge in [0.25, 0.3) is 11.5 Å². The van der Waals surface area contributed by atoms with Crippen LogP contribution in [0.2, 0.25) is 0 Å². The van der Waals surface area contributed by atoms with Crippen molar-refractivity contribution in [2.24, 2.45) is 0 Å². The molecule has 41 heavy (non-hydrogen) atoms. The summed E-state index contributed by atoms with van der Waals surface area (Å²) in [4.78, 5) is 27.1. The lowest BCUT2D eigenvalue weighted by Crippen LogP contribution is -2.32. The first-order chi connectivity index (χ1) is 19.7. The number of hydrogen-bond acceptors (Lipinski definition) is 5. The van der Waals surface area contributed by atoms with Crippen LogP contribution >= 0.6 is 0 Å². The summed E-state index contributed by atoms with van der Waals surface area (Å²) in [6.45, 7) is 12.5. The third kappa shape index (κ3) is 8.73. The highest BCUT2D eigenvalue weighted by Crippen LogP contribution is 2.24. The zero-order chi connectivity index (χ0) is 29.9. The van der Waals surface area contributed by atoms with Crippen LogP contribution in [0.3, 0.4) is 0 Å². The van der Waals surface area contributed by atoms with E-state index in [1.54, 1.807) is 11.8 Å². The Balaban J connectivity index is 0.000000239. The number of nitrogens with zero attached hydrogens (tertiary/aromatic N) is 2. The minimum atomic E-state index is -0.168. The van der Waals surface area contributed by atoms with Gasteiger partial charge in [-0.25, -0.2) is 0 Å². The lowest BCUT2D eigenvalue weighted by Gasteiger charge is -2.31. The van der Waals surface area contributed by atoms with E-state index in [-0.39, 0.29) is 18.0 Å². The van der Waals surface area contributed by atoms with Crippen molar-refractivity contribution in [3.8, 4) is 5.75 Å². The van der Waals surface area contributed by atoms with Crippen LogP contribution in [0.4, 0.5) is 5.69 Å². The van der Waals surface area contributed by atoms with Crippen molar-refractivity contribution in [2.45, 2.75) is 92.4 Å². The smallest absolute Gasteiger partial charge is 0.269 e. The molecule has 0 radical (unpaired) electrons. The SMILES string of the molecule is CCNc1cc(C)cc(C(=O)NCc2c(C)n(CC)[nH]c2=O)c1C.COc1ccc(CN(C)C2CCCCC2)cc1. The predicted octanol–water partition coefficient (Wildman–Crippen LogP) is 5.94. The standard InChI is InChI=1S/C18H26N4O2.C15H23NO/c1-6-19-16-9-11(3)8-14(12(16)4)17(23)20-10-15-13(5)22(7-2)21-18(15)24;1-16(14-6-4-3-5-7-14)12-13-8-10-15(17-2)11-9-13/h8-9,19H,6-7,10H2,1-5H3,(H,20,23)(H,21,24);8-11,14H,3-7,12H2,1-2H3. The number of carbonyl (C=O) groups excluding carboxylic acids is 1. The van der Waals surface area contributed by atoms with Crippen molar-refractivity contribution in [2.75, 3.05) is 26.0 Å². The summed E-state index contributed by atoms with van der Waals surface area (Å²) in [5.41, 5.74) is 6.22. The van der Waals surface area contributed by atoms with Crippen LogP contribution in [0.1, 0.15) is 84.3 Å². The van der Waals surface area contributed by atoms with Crippen molar-refractivity contribution >= 4 is 11.6 Å². The minimum Gasteiger partial charge on any atom is -0.497 e. The fourth-order valence-corrected chi connectivity index (χ4v) is 5.53. The van der Waals surface area contributed by atoms with Crippen molar-refractivity contribution in [1.82, 2.24) is 20.0 Å². The lowest BCUT2D eigenvalue weighted by atomic mass is 9.94. The van der Waals surface area contributed by atoms with E-state index in [1.807, 2.05) is 58.9 Å². The maximum atomic E-state index is 12.6. The van der Waals surface area contributed by atoms with Crippen molar-refractivity contribution in [3.63, 3.8) is 0 Å². The van der Waals surface area contributed by atoms with Crippen LogP contribution < -0.4 is 20.9 Å². The molecule has 0 spiro atoms. The van der Waals surface area contributed by atoms with E-state index in [4.69, 9.17) is 4.74 Å². The average molecular weight is 564 g/mol. The maximum absolute atomic E-state index is 12.6. The van der Waals surface area contributed by atoms with Gasteiger partial charge in [0.1, 0.15) is 5.75 Å². The molecule has 1 saturated carbocycles. The van der Waals surface area contributed by atoms with Crippen molar-refractivity contribution in [1.29, 1.82) is 0 Å². The van der Waals surface area contributed by atoms with Gasteiger partial charge in [-0.3, -0.25) is 24.3 Å². The molecule has 0 aliphatic heterocycles. The number of methoxy groups -OCH3 is 1. The zero-order valence-electron chi connectivity index (χ0n) is 26.0. The molecule has 0 atom stereocenters. The number of ether oxygens (including phenoxy) is 1. The van der Waals surface area contributed by atoms with Crippen LogP contribution in [0.25, 0.3) is 0 Å². The van der Waals surface area contributed by atoms with Gasteiger partial charge in [-0.1, -0.05) is 31.4 Å². The van der Waals surface area contributed by atoms with E-state index >= 15 is 0 Å². The summed E-state index contributed by atoms with van der Waals surface area (Å²) >= 11 is 0. The average Bonchev–Trinajstić information content (AvgIpc) is 3.26. The normalized spacial score (nSPS) is 13.5. The highest BCUT2D eigenvalue weighted by molar-refractivity contribution is 5.97. The molecule has 8 nitrogen and oxygen atoms in total. The number of aromatic amines is 1. The number of benzene rings is 2. The van der Waals surface area contributed by atoms with Gasteiger partial charge in [-0.05, 0) is 95.5 Å². The third-order valence-electron chi connectivity index (χ3n) is 8.05. The zero-order valence-corrected chi connectivity index (χ0v) is 26.0. The van der Waals surface area contributed by atoms with Gasteiger partial charge in [-0.2, -0.15) is 0 Å². The Morgan fingerprint density at radius 2 is 1.76 bits per heavy atom. The second-order valence-corrected chi connectivity index (χ2v) is 11.0. The second-order valence-electron chi connectivity index (χ2n) is 11.0. The molecule has 224 valence electrons. The molecule has 1 fully saturated rings. The van der Waals surface area contributed by atoms with Gasteiger partial charge in [0.2, 0.25) is 0 Å². The molecule has 2 aromatic carbocycles. The molecule has 3 N–H and O–H groups in total. The molecule has 1 aromatic heterocycles. The quantitative estimate of drug-likeness (QED) is 0.284. The molecule has 0 bridgehead atoms. The van der Waals surface area contributed by atoms with E-state index in [9.17, 15) is 9.59 Å². The van der Waals surface area contributed by atoms with E-state index < -0.39 is 0 Å². The lowest BCUT2D eigenvalue weighted by molar-refractivity contribution is 0.0950. The Morgan fingerprint density at radius 1 is 1.07 bits per heavy atom. The van der Waals surface area contributed by atoms with E-state index in [1.165, 1.54) is 37.7 Å². The van der Waals surface area contributed by atoms with Gasteiger partial charge < -0.3 is 15.4 Å². The number of carbonyl (C=O) groups is 1. The van der Waals surface area contributed by atoms with Gasteiger partial charge in [0.05, 0.1) is 19.2 Å². The summed E-state index contributed by atoms with van der Waals surface area (Å²) in [6, 6.07) is 13.1. The molecule has 0 saturated heterocycles. The summed E-state index contributed by atoms with van der Waals surface area (Å²) in [7, 11) is 3.96. The van der Waals surface area contributed by atoms with Crippen molar-refractivity contribution in [3.05, 3.63) is 80.3 Å². The molecule has 0 unspecified atom stereocenters. The van der Waals surface area contributed by atoms with Gasteiger partial charge >= 0.3 is 0 Å². The number of rotatable bonds is 10. The number of nitrogens with one attached hydrogen (secondary N) is 3. The maximum Gasteiger partial charge on any atom is 0.269 e. The Labute approximate surface area is 245 Å². The number of hydrogen-bond donors (Lipinski definition) is 3. The Morgan fingerprint density at radius 3 is 2.34 bits per heavy atom. The van der Waals surface area contributed by atoms with Crippen LogP contribution in [0.15, 0.2) is 41.2 Å². The molecule has 1 heterocycles. The molecular formula is C33H49N5O3. The van der Waals surface area contributed by atoms with Crippen LogP contribution in [-0.4, -0.2) is 47.3 Å². The predicted molar refractivity (Wildman–Crippen MR) is 168 cm³/mol. The fourth-order valence-electron chi connectivity index (χ4n) is 5.53. The van der Waals surface area contributed by atoms with Gasteiger partial charge in [-0.15, -0.1) is 0 Å². The fraction of sp³-hybridized carbons (Fsp3) is 0.515. The first kappa shape index (κ1) is 32.0. The summed E-state index contributed by atoms with van der Waals surface area (Å²) in [5.74, 6) is 0.771. The molecule has 8 heteroatoms. The molecule has 1 aliphatic rings. The number of H-pyrrole nitrogens is 1. The van der Waals surface area contributed by atoms with Crippen LogP contribution in [0.5, 0.6) is 5.75 Å². The third-order valence-corrected chi connectivity index (χ3v) is 8.05. The van der Waals surface area contributed by atoms with E-state index in [0.29, 0.717) is 17.7 Å². The number of aryl methyl sites for hydroxylation is 2. The molecular weight excluding hydrogens is 514 g/mol. The first-order valence-electron chi connectivity index (χ1n) is 14.9. The molecule has 1 amide bonds. The summed E-state index contributed by atoms with van der Waals surface area (Å²) in [6.07, 6.45) is 6.96. The monoisotopic (exact) mass is 563 g/mol.